The number of anilines is 2. The highest BCUT2D eigenvalue weighted by molar-refractivity contribution is 6.32. The molecule has 6 rings (SSSR count). The third kappa shape index (κ3) is 4.26. The van der Waals surface area contributed by atoms with Crippen molar-refractivity contribution in [2.24, 2.45) is 0 Å². The van der Waals surface area contributed by atoms with Crippen LogP contribution in [0, 0.1) is 6.92 Å². The summed E-state index contributed by atoms with van der Waals surface area (Å²) in [6, 6.07) is 3.12. The molecule has 2 N–H and O–H groups in total. The Bertz CT molecular complexity index is 1260. The Labute approximate surface area is 206 Å². The van der Waals surface area contributed by atoms with E-state index in [1.54, 1.807) is 13.1 Å². The first-order chi connectivity index (χ1) is 16.8. The summed E-state index contributed by atoms with van der Waals surface area (Å²) in [6.07, 6.45) is 4.52. The van der Waals surface area contributed by atoms with Gasteiger partial charge in [-0.2, -0.15) is 5.10 Å². The zero-order valence-corrected chi connectivity index (χ0v) is 20.0. The molecule has 0 radical (unpaired) electrons. The van der Waals surface area contributed by atoms with E-state index in [9.17, 15) is 13.9 Å². The maximum absolute atomic E-state index is 13.5. The van der Waals surface area contributed by atoms with Crippen molar-refractivity contribution >= 4 is 34.1 Å². The van der Waals surface area contributed by atoms with E-state index < -0.39 is 18.1 Å². The fourth-order valence-corrected chi connectivity index (χ4v) is 5.63. The Morgan fingerprint density at radius 1 is 1.20 bits per heavy atom. The molecular weight excluding hydrogens is 478 g/mol. The molecule has 8 nitrogen and oxygen atoms in total. The first kappa shape index (κ1) is 23.0. The smallest absolute Gasteiger partial charge is 0.272 e. The molecule has 1 saturated carbocycles. The minimum absolute atomic E-state index is 0.0725. The van der Waals surface area contributed by atoms with Crippen LogP contribution in [0.5, 0.6) is 0 Å². The van der Waals surface area contributed by atoms with Crippen molar-refractivity contribution in [1.82, 2.24) is 24.6 Å². The number of fused-ring (bicyclic) bond motifs is 1. The van der Waals surface area contributed by atoms with Gasteiger partial charge in [0, 0.05) is 23.0 Å². The highest BCUT2D eigenvalue weighted by Crippen LogP contribution is 2.53. The van der Waals surface area contributed by atoms with Crippen molar-refractivity contribution < 1.29 is 18.6 Å². The second-order valence-corrected chi connectivity index (χ2v) is 10.2. The van der Waals surface area contributed by atoms with Crippen LogP contribution in [0.3, 0.4) is 0 Å². The van der Waals surface area contributed by atoms with Crippen LogP contribution in [0.1, 0.15) is 42.5 Å². The molecule has 2 aromatic heterocycles. The average Bonchev–Trinajstić information content (AvgIpc) is 3.11. The Balaban J connectivity index is 1.19. The molecule has 3 fully saturated rings. The van der Waals surface area contributed by atoms with Gasteiger partial charge in [-0.15, -0.1) is 0 Å². The zero-order chi connectivity index (χ0) is 24.3. The van der Waals surface area contributed by atoms with Gasteiger partial charge in [-0.1, -0.05) is 11.6 Å². The SMILES string of the molecule is Cc1c(Nc2ncc3cc(Cl)c(C4CCN([C@@H]5COC[C@@H]5O)CC4)cc3n2)cnn1C1CC1(F)F. The van der Waals surface area contributed by atoms with Gasteiger partial charge >= 0.3 is 0 Å². The van der Waals surface area contributed by atoms with Gasteiger partial charge in [0.2, 0.25) is 5.95 Å². The maximum atomic E-state index is 13.5. The molecule has 1 aliphatic carbocycles. The molecule has 3 aliphatic rings. The molecule has 0 spiro atoms. The molecule has 2 aliphatic heterocycles. The number of aliphatic hydroxyl groups is 1. The van der Waals surface area contributed by atoms with Crippen molar-refractivity contribution in [3.05, 3.63) is 40.8 Å². The summed E-state index contributed by atoms with van der Waals surface area (Å²) >= 11 is 6.66. The van der Waals surface area contributed by atoms with E-state index in [-0.39, 0.29) is 12.5 Å². The number of benzene rings is 1. The van der Waals surface area contributed by atoms with E-state index in [4.69, 9.17) is 16.3 Å². The predicted molar refractivity (Wildman–Crippen MR) is 128 cm³/mol. The van der Waals surface area contributed by atoms with E-state index in [2.05, 4.69) is 25.3 Å². The van der Waals surface area contributed by atoms with Crippen molar-refractivity contribution in [2.45, 2.75) is 56.2 Å². The number of likely N-dealkylation sites (tertiary alicyclic amines) is 1. The molecule has 1 unspecified atom stereocenters. The first-order valence-corrected chi connectivity index (χ1v) is 12.3. The fraction of sp³-hybridized carbons (Fsp3) is 0.542. The van der Waals surface area contributed by atoms with E-state index in [1.165, 1.54) is 10.9 Å². The molecule has 0 amide bonds. The van der Waals surface area contributed by atoms with Gasteiger partial charge in [0.1, 0.15) is 6.04 Å². The summed E-state index contributed by atoms with van der Waals surface area (Å²) < 4.78 is 33.7. The topological polar surface area (TPSA) is 88.3 Å². The lowest BCUT2D eigenvalue weighted by atomic mass is 9.88. The van der Waals surface area contributed by atoms with Crippen LogP contribution in [0.25, 0.3) is 10.9 Å². The van der Waals surface area contributed by atoms with Crippen LogP contribution in [-0.2, 0) is 4.74 Å². The van der Waals surface area contributed by atoms with Crippen LogP contribution in [0.15, 0.2) is 24.5 Å². The molecule has 2 saturated heterocycles. The van der Waals surface area contributed by atoms with Crippen molar-refractivity contribution in [1.29, 1.82) is 0 Å². The normalized spacial score (nSPS) is 26.9. The lowest BCUT2D eigenvalue weighted by molar-refractivity contribution is 0.0663. The minimum atomic E-state index is -2.69. The second-order valence-electron chi connectivity index (χ2n) is 9.80. The first-order valence-electron chi connectivity index (χ1n) is 11.9. The van der Waals surface area contributed by atoms with Crippen LogP contribution in [0.2, 0.25) is 5.02 Å². The number of nitrogens with one attached hydrogen (secondary N) is 1. The number of hydrogen-bond acceptors (Lipinski definition) is 7. The summed E-state index contributed by atoms with van der Waals surface area (Å²) in [7, 11) is 0. The summed E-state index contributed by atoms with van der Waals surface area (Å²) in [6.45, 7) is 4.50. The molecule has 3 aromatic rings. The number of aromatic nitrogens is 4. The molecule has 1 aromatic carbocycles. The molecule has 4 heterocycles. The number of aliphatic hydroxyl groups excluding tert-OH is 1. The molecule has 0 bridgehead atoms. The fourth-order valence-electron chi connectivity index (χ4n) is 5.31. The predicted octanol–water partition coefficient (Wildman–Crippen LogP) is 4.05. The number of piperidine rings is 1. The summed E-state index contributed by atoms with van der Waals surface area (Å²) in [5, 5.41) is 18.9. The lowest BCUT2D eigenvalue weighted by Crippen LogP contribution is -2.46. The third-order valence-electron chi connectivity index (χ3n) is 7.54. The number of ether oxygens (including phenoxy) is 1. The molecular formula is C24H27ClF2N6O2. The maximum Gasteiger partial charge on any atom is 0.272 e. The number of hydrogen-bond donors (Lipinski definition) is 2. The van der Waals surface area contributed by atoms with Gasteiger partial charge in [0.15, 0.2) is 0 Å². The van der Waals surface area contributed by atoms with Crippen LogP contribution in [0.4, 0.5) is 20.4 Å². The molecule has 3 atom stereocenters. The van der Waals surface area contributed by atoms with Gasteiger partial charge in [-0.25, -0.2) is 18.7 Å². The second kappa shape index (κ2) is 8.62. The van der Waals surface area contributed by atoms with Gasteiger partial charge < -0.3 is 15.2 Å². The molecule has 11 heteroatoms. The lowest BCUT2D eigenvalue weighted by Gasteiger charge is -2.36. The molecule has 35 heavy (non-hydrogen) atoms. The van der Waals surface area contributed by atoms with Crippen molar-refractivity contribution in [3.63, 3.8) is 0 Å². The van der Waals surface area contributed by atoms with E-state index in [0.717, 1.165) is 42.4 Å². The van der Waals surface area contributed by atoms with Gasteiger partial charge in [0.05, 0.1) is 48.5 Å². The Kier molecular flexibility index (Phi) is 5.67. The van der Waals surface area contributed by atoms with E-state index in [0.29, 0.717) is 41.5 Å². The highest BCUT2D eigenvalue weighted by Gasteiger charge is 2.59. The van der Waals surface area contributed by atoms with Gasteiger partial charge in [0.25, 0.3) is 5.92 Å². The average molecular weight is 505 g/mol. The summed E-state index contributed by atoms with van der Waals surface area (Å²) in [5.41, 5.74) is 3.05. The van der Waals surface area contributed by atoms with Crippen molar-refractivity contribution in [3.8, 4) is 0 Å². The number of alkyl halides is 2. The number of nitrogens with zero attached hydrogens (tertiary/aromatic N) is 5. The Morgan fingerprint density at radius 3 is 2.66 bits per heavy atom. The summed E-state index contributed by atoms with van der Waals surface area (Å²) in [5.74, 6) is -2.01. The van der Waals surface area contributed by atoms with E-state index >= 15 is 0 Å². The third-order valence-corrected chi connectivity index (χ3v) is 7.86. The minimum Gasteiger partial charge on any atom is -0.389 e. The highest BCUT2D eigenvalue weighted by atomic mass is 35.5. The standard InChI is InChI=1S/C24H27ClF2N6O2/c1-13-19(10-29-33(13)22-8-24(22,26)27)31-23-28-9-15-6-17(25)16(7-18(15)30-23)14-2-4-32(5-3-14)20-11-35-12-21(20)34/h6-7,9-10,14,20-22,34H,2-5,8,11-12H2,1H3,(H,28,30,31)/t20-,21+,22?/m1/s1. The number of rotatable bonds is 5. The quantitative estimate of drug-likeness (QED) is 0.542. The molecule has 186 valence electrons. The van der Waals surface area contributed by atoms with E-state index in [1.807, 2.05) is 12.1 Å². The number of halogens is 3. The van der Waals surface area contributed by atoms with Gasteiger partial charge in [-0.05, 0) is 56.5 Å². The van der Waals surface area contributed by atoms with Crippen LogP contribution >= 0.6 is 11.6 Å². The zero-order valence-electron chi connectivity index (χ0n) is 19.3. The van der Waals surface area contributed by atoms with Crippen LogP contribution < -0.4 is 5.32 Å². The van der Waals surface area contributed by atoms with Crippen molar-refractivity contribution in [2.75, 3.05) is 31.6 Å². The summed E-state index contributed by atoms with van der Waals surface area (Å²) in [4.78, 5) is 11.4. The largest absolute Gasteiger partial charge is 0.389 e. The Morgan fingerprint density at radius 2 is 1.97 bits per heavy atom. The van der Waals surface area contributed by atoms with Gasteiger partial charge in [-0.3, -0.25) is 9.58 Å². The van der Waals surface area contributed by atoms with Crippen LogP contribution in [-0.4, -0.2) is 74.1 Å². The Hall–Kier alpha value is -2.40. The monoisotopic (exact) mass is 504 g/mol.